The van der Waals surface area contributed by atoms with E-state index in [1.54, 1.807) is 24.3 Å². The molecule has 1 aliphatic carbocycles. The maximum atomic E-state index is 13.3. The van der Waals surface area contributed by atoms with Crippen LogP contribution in [0.5, 0.6) is 0 Å². The number of benzene rings is 2. The minimum Gasteiger partial charge on any atom is -0.481 e. The third-order valence-corrected chi connectivity index (χ3v) is 6.80. The lowest BCUT2D eigenvalue weighted by Gasteiger charge is -2.36. The highest BCUT2D eigenvalue weighted by Crippen LogP contribution is 2.32. The van der Waals surface area contributed by atoms with Crippen LogP contribution in [0.1, 0.15) is 41.6 Å². The van der Waals surface area contributed by atoms with E-state index in [-0.39, 0.29) is 11.8 Å². The molecule has 1 saturated heterocycles. The van der Waals surface area contributed by atoms with Gasteiger partial charge in [0.25, 0.3) is 5.91 Å². The van der Waals surface area contributed by atoms with Gasteiger partial charge in [-0.1, -0.05) is 42.7 Å². The molecule has 2 fully saturated rings. The number of para-hydroxylation sites is 1. The number of rotatable bonds is 5. The molecule has 7 heteroatoms. The van der Waals surface area contributed by atoms with Gasteiger partial charge in [0.15, 0.2) is 0 Å². The van der Waals surface area contributed by atoms with Crippen LogP contribution in [0.25, 0.3) is 0 Å². The van der Waals surface area contributed by atoms with Gasteiger partial charge in [-0.15, -0.1) is 0 Å². The standard InChI is InChI=1S/C26H31N3O4/c1-18-10-12-19(13-11-18)28-14-16-29(17-15-28)25(31)22-8-4-5-9-23(22)27-24(30)20-6-2-3-7-21(20)26(32)33/h4-5,8-13,20-21H,2-3,6-7,14-17H2,1H3,(H,27,30)(H,32,33)/t20-,21-/m0/s1. The second-order valence-corrected chi connectivity index (χ2v) is 8.99. The van der Waals surface area contributed by atoms with E-state index < -0.39 is 17.8 Å². The number of aryl methyl sites for hydroxylation is 1. The van der Waals surface area contributed by atoms with Crippen molar-refractivity contribution in [3.63, 3.8) is 0 Å². The normalized spacial score (nSPS) is 20.9. The molecule has 174 valence electrons. The van der Waals surface area contributed by atoms with E-state index in [4.69, 9.17) is 0 Å². The van der Waals surface area contributed by atoms with Crippen molar-refractivity contribution in [2.24, 2.45) is 11.8 Å². The highest BCUT2D eigenvalue weighted by molar-refractivity contribution is 6.04. The van der Waals surface area contributed by atoms with Crippen LogP contribution in [-0.4, -0.2) is 54.0 Å². The SMILES string of the molecule is Cc1ccc(N2CCN(C(=O)c3ccccc3NC(=O)[C@H]3CCCC[C@@H]3C(=O)O)CC2)cc1. The topological polar surface area (TPSA) is 90.0 Å². The third kappa shape index (κ3) is 5.18. The number of carbonyl (C=O) groups is 3. The number of carboxylic acid groups (broad SMARTS) is 1. The van der Waals surface area contributed by atoms with Gasteiger partial charge in [-0.25, -0.2) is 0 Å². The molecule has 4 rings (SSSR count). The van der Waals surface area contributed by atoms with E-state index >= 15 is 0 Å². The van der Waals surface area contributed by atoms with Crippen molar-refractivity contribution >= 4 is 29.2 Å². The summed E-state index contributed by atoms with van der Waals surface area (Å²) in [6.45, 7) is 4.74. The van der Waals surface area contributed by atoms with Crippen molar-refractivity contribution in [2.45, 2.75) is 32.6 Å². The quantitative estimate of drug-likeness (QED) is 0.725. The molecule has 2 N–H and O–H groups in total. The Morgan fingerprint density at radius 1 is 0.879 bits per heavy atom. The molecular formula is C26H31N3O4. The number of aliphatic carboxylic acids is 1. The van der Waals surface area contributed by atoms with Crippen LogP contribution in [-0.2, 0) is 9.59 Å². The molecule has 1 aliphatic heterocycles. The summed E-state index contributed by atoms with van der Waals surface area (Å²) in [6.07, 6.45) is 2.73. The number of carbonyl (C=O) groups excluding carboxylic acids is 2. The Morgan fingerprint density at radius 2 is 1.52 bits per heavy atom. The van der Waals surface area contributed by atoms with E-state index in [9.17, 15) is 19.5 Å². The van der Waals surface area contributed by atoms with Gasteiger partial charge in [0.1, 0.15) is 0 Å². The van der Waals surface area contributed by atoms with Crippen LogP contribution in [0.4, 0.5) is 11.4 Å². The van der Waals surface area contributed by atoms with Crippen molar-refractivity contribution in [1.29, 1.82) is 0 Å². The van der Waals surface area contributed by atoms with Crippen molar-refractivity contribution in [3.8, 4) is 0 Å². The van der Waals surface area contributed by atoms with Crippen molar-refractivity contribution < 1.29 is 19.5 Å². The Kier molecular flexibility index (Phi) is 6.96. The molecule has 2 aromatic carbocycles. The van der Waals surface area contributed by atoms with Gasteiger partial charge in [-0.2, -0.15) is 0 Å². The number of amides is 2. The molecule has 2 aromatic rings. The molecule has 7 nitrogen and oxygen atoms in total. The summed E-state index contributed by atoms with van der Waals surface area (Å²) in [6, 6.07) is 15.4. The lowest BCUT2D eigenvalue weighted by molar-refractivity contribution is -0.147. The summed E-state index contributed by atoms with van der Waals surface area (Å²) in [5.74, 6) is -2.60. The van der Waals surface area contributed by atoms with Crippen LogP contribution < -0.4 is 10.2 Å². The van der Waals surface area contributed by atoms with Crippen molar-refractivity contribution in [2.75, 3.05) is 36.4 Å². The number of nitrogens with zero attached hydrogens (tertiary/aromatic N) is 2. The van der Waals surface area contributed by atoms with Crippen LogP contribution in [0.2, 0.25) is 0 Å². The average molecular weight is 450 g/mol. The summed E-state index contributed by atoms with van der Waals surface area (Å²) in [7, 11) is 0. The molecule has 2 amide bonds. The zero-order valence-corrected chi connectivity index (χ0v) is 19.0. The maximum Gasteiger partial charge on any atom is 0.307 e. The second kappa shape index (κ2) is 10.1. The van der Waals surface area contributed by atoms with Gasteiger partial charge in [0.05, 0.1) is 23.1 Å². The molecule has 0 aromatic heterocycles. The molecular weight excluding hydrogens is 418 g/mol. The van der Waals surface area contributed by atoms with E-state index in [2.05, 4.69) is 41.4 Å². The Hall–Kier alpha value is -3.35. The fourth-order valence-corrected chi connectivity index (χ4v) is 4.84. The van der Waals surface area contributed by atoms with Crippen molar-refractivity contribution in [1.82, 2.24) is 4.90 Å². The highest BCUT2D eigenvalue weighted by atomic mass is 16.4. The summed E-state index contributed by atoms with van der Waals surface area (Å²) < 4.78 is 0. The number of anilines is 2. The first-order valence-electron chi connectivity index (χ1n) is 11.7. The average Bonchev–Trinajstić information content (AvgIpc) is 2.84. The van der Waals surface area contributed by atoms with Gasteiger partial charge in [-0.05, 0) is 44.0 Å². The van der Waals surface area contributed by atoms with Crippen LogP contribution in [0, 0.1) is 18.8 Å². The van der Waals surface area contributed by atoms with Crippen LogP contribution >= 0.6 is 0 Å². The molecule has 0 bridgehead atoms. The first-order chi connectivity index (χ1) is 15.9. The predicted octanol–water partition coefficient (Wildman–Crippen LogP) is 3.79. The Labute approximate surface area is 194 Å². The monoisotopic (exact) mass is 449 g/mol. The number of hydrogen-bond acceptors (Lipinski definition) is 4. The van der Waals surface area contributed by atoms with Gasteiger partial charge in [-0.3, -0.25) is 14.4 Å². The number of carboxylic acids is 1. The Balaban J connectivity index is 1.43. The molecule has 33 heavy (non-hydrogen) atoms. The molecule has 0 spiro atoms. The van der Waals surface area contributed by atoms with E-state index in [0.717, 1.165) is 31.6 Å². The first-order valence-corrected chi connectivity index (χ1v) is 11.7. The zero-order chi connectivity index (χ0) is 23.4. The predicted molar refractivity (Wildman–Crippen MR) is 127 cm³/mol. The van der Waals surface area contributed by atoms with Gasteiger partial charge < -0.3 is 20.2 Å². The van der Waals surface area contributed by atoms with Gasteiger partial charge in [0, 0.05) is 31.9 Å². The lowest BCUT2D eigenvalue weighted by Crippen LogP contribution is -2.49. The molecule has 1 heterocycles. The van der Waals surface area contributed by atoms with Crippen molar-refractivity contribution in [3.05, 3.63) is 59.7 Å². The number of piperazine rings is 1. The van der Waals surface area contributed by atoms with Gasteiger partial charge >= 0.3 is 5.97 Å². The first kappa shape index (κ1) is 22.8. The molecule has 2 atom stereocenters. The fourth-order valence-electron chi connectivity index (χ4n) is 4.84. The molecule has 0 radical (unpaired) electrons. The van der Waals surface area contributed by atoms with E-state index in [0.29, 0.717) is 37.2 Å². The summed E-state index contributed by atoms with van der Waals surface area (Å²) in [4.78, 5) is 41.9. The van der Waals surface area contributed by atoms with E-state index in [1.165, 1.54) is 5.56 Å². The highest BCUT2D eigenvalue weighted by Gasteiger charge is 2.36. The maximum absolute atomic E-state index is 13.3. The minimum absolute atomic E-state index is 0.118. The smallest absolute Gasteiger partial charge is 0.307 e. The van der Waals surface area contributed by atoms with Crippen LogP contribution in [0.15, 0.2) is 48.5 Å². The third-order valence-electron chi connectivity index (χ3n) is 6.80. The molecule has 0 unspecified atom stereocenters. The number of nitrogens with one attached hydrogen (secondary N) is 1. The zero-order valence-electron chi connectivity index (χ0n) is 19.0. The van der Waals surface area contributed by atoms with Gasteiger partial charge in [0.2, 0.25) is 5.91 Å². The molecule has 2 aliphatic rings. The Bertz CT molecular complexity index is 1010. The minimum atomic E-state index is -0.925. The summed E-state index contributed by atoms with van der Waals surface area (Å²) in [5.41, 5.74) is 3.26. The largest absolute Gasteiger partial charge is 0.481 e. The second-order valence-electron chi connectivity index (χ2n) is 8.99. The lowest BCUT2D eigenvalue weighted by atomic mass is 9.78. The summed E-state index contributed by atoms with van der Waals surface area (Å²) >= 11 is 0. The number of hydrogen-bond donors (Lipinski definition) is 2. The van der Waals surface area contributed by atoms with Crippen LogP contribution in [0.3, 0.4) is 0 Å². The fraction of sp³-hybridized carbons (Fsp3) is 0.423. The Morgan fingerprint density at radius 3 is 2.18 bits per heavy atom. The van der Waals surface area contributed by atoms with E-state index in [1.807, 2.05) is 4.90 Å². The molecule has 1 saturated carbocycles. The summed E-state index contributed by atoms with van der Waals surface area (Å²) in [5, 5.41) is 12.4.